The summed E-state index contributed by atoms with van der Waals surface area (Å²) in [4.78, 5) is 0. The summed E-state index contributed by atoms with van der Waals surface area (Å²) in [5, 5.41) is 9.90. The summed E-state index contributed by atoms with van der Waals surface area (Å²) in [5.41, 5.74) is 6.94. The van der Waals surface area contributed by atoms with Crippen LogP contribution < -0.4 is 10.5 Å². The average Bonchev–Trinajstić information content (AvgIpc) is 2.36. The van der Waals surface area contributed by atoms with Crippen LogP contribution in [0.15, 0.2) is 36.9 Å². The van der Waals surface area contributed by atoms with Crippen molar-refractivity contribution in [3.8, 4) is 5.75 Å². The van der Waals surface area contributed by atoms with Crippen molar-refractivity contribution in [2.75, 3.05) is 6.61 Å². The molecule has 0 spiro atoms. The molecule has 0 saturated heterocycles. The summed E-state index contributed by atoms with van der Waals surface area (Å²) in [5.74, 6) is 1.01. The van der Waals surface area contributed by atoms with Gasteiger partial charge in [-0.25, -0.2) is 0 Å². The zero-order valence-corrected chi connectivity index (χ0v) is 11.2. The van der Waals surface area contributed by atoms with Crippen LogP contribution in [0.25, 0.3) is 0 Å². The van der Waals surface area contributed by atoms with Gasteiger partial charge in [0.1, 0.15) is 18.5 Å². The lowest BCUT2D eigenvalue weighted by atomic mass is 10.0. The number of para-hydroxylation sites is 1. The molecule has 0 aliphatic carbocycles. The molecule has 100 valence electrons. The van der Waals surface area contributed by atoms with Gasteiger partial charge >= 0.3 is 0 Å². The molecule has 0 bridgehead atoms. The summed E-state index contributed by atoms with van der Waals surface area (Å²) >= 11 is 0. The van der Waals surface area contributed by atoms with E-state index in [-0.39, 0.29) is 18.6 Å². The normalized spacial score (nSPS) is 14.3. The van der Waals surface area contributed by atoms with Crippen LogP contribution in [0, 0.1) is 5.92 Å². The first-order valence-corrected chi connectivity index (χ1v) is 6.31. The van der Waals surface area contributed by atoms with Crippen LogP contribution in [0.4, 0.5) is 0 Å². The zero-order chi connectivity index (χ0) is 13.5. The third-order valence-corrected chi connectivity index (χ3v) is 2.96. The minimum atomic E-state index is -0.651. The number of ether oxygens (including phenoxy) is 1. The number of nitrogens with two attached hydrogens (primary N) is 1. The van der Waals surface area contributed by atoms with E-state index < -0.39 is 6.10 Å². The number of aliphatic hydroxyl groups excluding tert-OH is 1. The molecule has 0 aromatic heterocycles. The van der Waals surface area contributed by atoms with E-state index in [0.717, 1.165) is 17.7 Å². The molecule has 0 saturated carbocycles. The van der Waals surface area contributed by atoms with Crippen molar-refractivity contribution in [1.82, 2.24) is 0 Å². The van der Waals surface area contributed by atoms with Crippen LogP contribution in [-0.4, -0.2) is 23.9 Å². The minimum Gasteiger partial charge on any atom is -0.491 e. The van der Waals surface area contributed by atoms with Crippen molar-refractivity contribution in [3.63, 3.8) is 0 Å². The Morgan fingerprint density at radius 3 is 2.67 bits per heavy atom. The van der Waals surface area contributed by atoms with Gasteiger partial charge in [-0.1, -0.05) is 38.1 Å². The van der Waals surface area contributed by atoms with Gasteiger partial charge in [-0.05, 0) is 24.0 Å². The Labute approximate surface area is 109 Å². The fraction of sp³-hybridized carbons (Fsp3) is 0.467. The Morgan fingerprint density at radius 1 is 1.39 bits per heavy atom. The molecule has 1 aromatic carbocycles. The molecule has 0 radical (unpaired) electrons. The number of aliphatic hydroxyl groups is 1. The first kappa shape index (κ1) is 14.7. The summed E-state index contributed by atoms with van der Waals surface area (Å²) in [6, 6.07) is 7.49. The van der Waals surface area contributed by atoms with Crippen LogP contribution in [0.2, 0.25) is 0 Å². The van der Waals surface area contributed by atoms with Crippen molar-refractivity contribution >= 4 is 0 Å². The summed E-state index contributed by atoms with van der Waals surface area (Å²) in [6.45, 7) is 7.91. The maximum absolute atomic E-state index is 9.90. The van der Waals surface area contributed by atoms with E-state index >= 15 is 0 Å². The van der Waals surface area contributed by atoms with Crippen LogP contribution in [0.3, 0.4) is 0 Å². The van der Waals surface area contributed by atoms with Crippen LogP contribution in [0.1, 0.15) is 19.4 Å². The molecule has 2 atom stereocenters. The van der Waals surface area contributed by atoms with Crippen LogP contribution in [0.5, 0.6) is 5.75 Å². The van der Waals surface area contributed by atoms with E-state index in [1.54, 1.807) is 0 Å². The van der Waals surface area contributed by atoms with Gasteiger partial charge in [0.15, 0.2) is 0 Å². The third kappa shape index (κ3) is 4.17. The van der Waals surface area contributed by atoms with Crippen LogP contribution in [-0.2, 0) is 6.42 Å². The quantitative estimate of drug-likeness (QED) is 0.728. The van der Waals surface area contributed by atoms with Gasteiger partial charge < -0.3 is 15.6 Å². The van der Waals surface area contributed by atoms with Crippen molar-refractivity contribution in [3.05, 3.63) is 42.5 Å². The lowest BCUT2D eigenvalue weighted by Gasteiger charge is -2.22. The molecule has 18 heavy (non-hydrogen) atoms. The third-order valence-electron chi connectivity index (χ3n) is 2.96. The van der Waals surface area contributed by atoms with Gasteiger partial charge in [-0.3, -0.25) is 0 Å². The number of hydrogen-bond donors (Lipinski definition) is 2. The largest absolute Gasteiger partial charge is 0.491 e. The number of allylic oxidation sites excluding steroid dienone is 1. The van der Waals surface area contributed by atoms with E-state index in [1.807, 2.05) is 44.2 Å². The highest BCUT2D eigenvalue weighted by Gasteiger charge is 2.19. The van der Waals surface area contributed by atoms with Crippen LogP contribution >= 0.6 is 0 Å². The van der Waals surface area contributed by atoms with E-state index in [2.05, 4.69) is 6.58 Å². The summed E-state index contributed by atoms with van der Waals surface area (Å²) < 4.78 is 5.64. The molecule has 3 heteroatoms. The van der Waals surface area contributed by atoms with Gasteiger partial charge in [-0.2, -0.15) is 0 Å². The highest BCUT2D eigenvalue weighted by atomic mass is 16.5. The zero-order valence-electron chi connectivity index (χ0n) is 11.2. The molecule has 1 aromatic rings. The Kier molecular flexibility index (Phi) is 5.89. The smallest absolute Gasteiger partial charge is 0.122 e. The Morgan fingerprint density at radius 2 is 2.06 bits per heavy atom. The fourth-order valence-electron chi connectivity index (χ4n) is 1.70. The van der Waals surface area contributed by atoms with Gasteiger partial charge in [-0.15, -0.1) is 6.58 Å². The molecular formula is C15H23NO2. The van der Waals surface area contributed by atoms with Gasteiger partial charge in [0.2, 0.25) is 0 Å². The van der Waals surface area contributed by atoms with Gasteiger partial charge in [0, 0.05) is 6.04 Å². The predicted octanol–water partition coefficient (Wildman–Crippen LogP) is 2.14. The topological polar surface area (TPSA) is 55.5 Å². The van der Waals surface area contributed by atoms with E-state index in [1.165, 1.54) is 0 Å². The van der Waals surface area contributed by atoms with Gasteiger partial charge in [0.05, 0.1) is 0 Å². The van der Waals surface area contributed by atoms with E-state index in [4.69, 9.17) is 10.5 Å². The maximum atomic E-state index is 9.90. The second-order valence-electron chi connectivity index (χ2n) is 4.80. The monoisotopic (exact) mass is 249 g/mol. The second-order valence-corrected chi connectivity index (χ2v) is 4.80. The molecule has 0 heterocycles. The minimum absolute atomic E-state index is 0.216. The number of rotatable bonds is 7. The first-order chi connectivity index (χ1) is 8.56. The van der Waals surface area contributed by atoms with Gasteiger partial charge in [0.25, 0.3) is 0 Å². The summed E-state index contributed by atoms with van der Waals surface area (Å²) in [6.07, 6.45) is 1.93. The van der Waals surface area contributed by atoms with Crippen molar-refractivity contribution in [2.45, 2.75) is 32.4 Å². The average molecular weight is 249 g/mol. The highest BCUT2D eigenvalue weighted by molar-refractivity contribution is 5.34. The lowest BCUT2D eigenvalue weighted by Crippen LogP contribution is -2.42. The molecular weight excluding hydrogens is 226 g/mol. The van der Waals surface area contributed by atoms with Crippen molar-refractivity contribution < 1.29 is 9.84 Å². The lowest BCUT2D eigenvalue weighted by molar-refractivity contribution is 0.0712. The number of hydrogen-bond acceptors (Lipinski definition) is 3. The fourth-order valence-corrected chi connectivity index (χ4v) is 1.70. The summed E-state index contributed by atoms with van der Waals surface area (Å²) in [7, 11) is 0. The molecule has 3 N–H and O–H groups in total. The molecule has 3 nitrogen and oxygen atoms in total. The SMILES string of the molecule is C=CCc1ccccc1OCC(O)C(N)C(C)C. The first-order valence-electron chi connectivity index (χ1n) is 6.31. The molecule has 0 fully saturated rings. The molecule has 1 rings (SSSR count). The standard InChI is InChI=1S/C15H23NO2/c1-4-7-12-8-5-6-9-14(12)18-10-13(17)15(16)11(2)3/h4-6,8-9,11,13,15,17H,1,7,10,16H2,2-3H3. The Hall–Kier alpha value is -1.32. The highest BCUT2D eigenvalue weighted by Crippen LogP contribution is 2.19. The van der Waals surface area contributed by atoms with E-state index in [9.17, 15) is 5.11 Å². The Bertz CT molecular complexity index is 377. The van der Waals surface area contributed by atoms with Crippen molar-refractivity contribution in [2.24, 2.45) is 11.7 Å². The number of benzene rings is 1. The maximum Gasteiger partial charge on any atom is 0.122 e. The Balaban J connectivity index is 2.60. The second kappa shape index (κ2) is 7.19. The molecule has 2 unspecified atom stereocenters. The van der Waals surface area contributed by atoms with E-state index in [0.29, 0.717) is 0 Å². The molecule has 0 amide bonds. The van der Waals surface area contributed by atoms with Crippen molar-refractivity contribution in [1.29, 1.82) is 0 Å². The predicted molar refractivity (Wildman–Crippen MR) is 74.7 cm³/mol. The molecule has 0 aliphatic heterocycles. The molecule has 0 aliphatic rings.